The third-order valence-corrected chi connectivity index (χ3v) is 6.47. The van der Waals surface area contributed by atoms with Crippen LogP contribution in [0, 0.1) is 0 Å². The van der Waals surface area contributed by atoms with E-state index in [9.17, 15) is 13.2 Å². The topological polar surface area (TPSA) is 63.7 Å². The van der Waals surface area contributed by atoms with Gasteiger partial charge in [0.25, 0.3) is 0 Å². The Morgan fingerprint density at radius 3 is 2.36 bits per heavy atom. The average Bonchev–Trinajstić information content (AvgIpc) is 2.64. The quantitative estimate of drug-likeness (QED) is 0.553. The highest BCUT2D eigenvalue weighted by atomic mass is 79.9. The summed E-state index contributed by atoms with van der Waals surface area (Å²) in [6.07, 6.45) is 2.78. The summed E-state index contributed by atoms with van der Waals surface area (Å²) < 4.78 is 33.1. The van der Waals surface area contributed by atoms with Crippen LogP contribution in [0.25, 0.3) is 0 Å². The number of nitrogens with zero attached hydrogens (tertiary/aromatic N) is 1. The molecule has 1 fully saturated rings. The fourth-order valence-electron chi connectivity index (χ4n) is 2.71. The number of esters is 1. The van der Waals surface area contributed by atoms with Crippen molar-refractivity contribution in [1.29, 1.82) is 0 Å². The molecule has 5 nitrogen and oxygen atoms in total. The number of ether oxygens (including phenoxy) is 1. The summed E-state index contributed by atoms with van der Waals surface area (Å²) in [4.78, 5) is 12.4. The number of halogens is 1. The molecule has 0 saturated carbocycles. The second kappa shape index (κ2) is 7.68. The maximum Gasteiger partial charge on any atom is 0.343 e. The Labute approximate surface area is 155 Å². The molecule has 132 valence electrons. The molecule has 0 unspecified atom stereocenters. The maximum atomic E-state index is 12.7. The lowest BCUT2D eigenvalue weighted by Crippen LogP contribution is -2.35. The molecule has 0 spiro atoms. The Balaban J connectivity index is 1.80. The van der Waals surface area contributed by atoms with Crippen LogP contribution in [0.4, 0.5) is 0 Å². The highest BCUT2D eigenvalue weighted by Crippen LogP contribution is 2.22. The van der Waals surface area contributed by atoms with E-state index in [2.05, 4.69) is 15.9 Å². The summed E-state index contributed by atoms with van der Waals surface area (Å²) in [5.74, 6) is -0.185. The van der Waals surface area contributed by atoms with Crippen molar-refractivity contribution in [2.24, 2.45) is 0 Å². The van der Waals surface area contributed by atoms with Crippen LogP contribution in [0.5, 0.6) is 5.75 Å². The third-order valence-electron chi connectivity index (χ3n) is 4.05. The minimum absolute atomic E-state index is 0.125. The van der Waals surface area contributed by atoms with Gasteiger partial charge in [0.2, 0.25) is 10.0 Å². The fourth-order valence-corrected chi connectivity index (χ4v) is 4.53. The molecule has 0 amide bonds. The molecule has 0 radical (unpaired) electrons. The molecular formula is C18H18BrNO4S. The Morgan fingerprint density at radius 1 is 1.00 bits per heavy atom. The van der Waals surface area contributed by atoms with Gasteiger partial charge in [-0.25, -0.2) is 13.2 Å². The number of rotatable bonds is 4. The zero-order chi connectivity index (χ0) is 17.9. The second-order valence-corrected chi connectivity index (χ2v) is 8.69. The summed E-state index contributed by atoms with van der Waals surface area (Å²) in [7, 11) is -3.58. The van der Waals surface area contributed by atoms with Gasteiger partial charge in [-0.1, -0.05) is 28.4 Å². The van der Waals surface area contributed by atoms with Crippen molar-refractivity contribution < 1.29 is 17.9 Å². The van der Waals surface area contributed by atoms with Gasteiger partial charge in [0.15, 0.2) is 0 Å². The van der Waals surface area contributed by atoms with E-state index in [1.54, 1.807) is 36.4 Å². The number of carbonyl (C=O) groups is 1. The van der Waals surface area contributed by atoms with Crippen molar-refractivity contribution in [1.82, 2.24) is 4.31 Å². The second-order valence-electron chi connectivity index (χ2n) is 5.84. The van der Waals surface area contributed by atoms with Crippen LogP contribution in [0.1, 0.15) is 29.6 Å². The van der Waals surface area contributed by atoms with Crippen molar-refractivity contribution >= 4 is 31.9 Å². The van der Waals surface area contributed by atoms with Gasteiger partial charge in [-0.15, -0.1) is 0 Å². The predicted molar refractivity (Wildman–Crippen MR) is 98.2 cm³/mol. The number of hydrogen-bond donors (Lipinski definition) is 0. The summed E-state index contributed by atoms with van der Waals surface area (Å²) in [6.45, 7) is 1.05. The standard InChI is InChI=1S/C18H18BrNO4S/c19-15-7-9-16(10-8-15)24-18(21)14-5-4-6-17(13-14)25(22,23)20-11-2-1-3-12-20/h4-10,13H,1-3,11-12H2. The Kier molecular flexibility index (Phi) is 5.56. The number of benzene rings is 2. The molecule has 1 aliphatic heterocycles. The lowest BCUT2D eigenvalue weighted by Gasteiger charge is -2.25. The van der Waals surface area contributed by atoms with E-state index in [-0.39, 0.29) is 10.5 Å². The van der Waals surface area contributed by atoms with E-state index >= 15 is 0 Å². The van der Waals surface area contributed by atoms with E-state index in [0.717, 1.165) is 23.7 Å². The molecule has 3 rings (SSSR count). The van der Waals surface area contributed by atoms with Crippen LogP contribution in [-0.4, -0.2) is 31.8 Å². The van der Waals surface area contributed by atoms with Crippen molar-refractivity contribution in [3.63, 3.8) is 0 Å². The van der Waals surface area contributed by atoms with Crippen LogP contribution < -0.4 is 4.74 Å². The zero-order valence-electron chi connectivity index (χ0n) is 13.5. The van der Waals surface area contributed by atoms with Crippen LogP contribution in [0.15, 0.2) is 57.9 Å². The zero-order valence-corrected chi connectivity index (χ0v) is 15.9. The molecule has 7 heteroatoms. The van der Waals surface area contributed by atoms with Gasteiger partial charge in [-0.3, -0.25) is 0 Å². The number of hydrogen-bond acceptors (Lipinski definition) is 4. The van der Waals surface area contributed by atoms with Crippen LogP contribution in [0.3, 0.4) is 0 Å². The van der Waals surface area contributed by atoms with Crippen molar-refractivity contribution in [3.8, 4) is 5.75 Å². The SMILES string of the molecule is O=C(Oc1ccc(Br)cc1)c1cccc(S(=O)(=O)N2CCCCC2)c1. The van der Waals surface area contributed by atoms with Gasteiger partial charge in [0.1, 0.15) is 5.75 Å². The molecule has 25 heavy (non-hydrogen) atoms. The smallest absolute Gasteiger partial charge is 0.343 e. The first-order valence-electron chi connectivity index (χ1n) is 8.05. The van der Waals surface area contributed by atoms with Crippen LogP contribution in [0.2, 0.25) is 0 Å². The molecule has 0 bridgehead atoms. The first-order chi connectivity index (χ1) is 12.0. The molecule has 2 aromatic rings. The molecule has 0 aromatic heterocycles. The number of sulfonamides is 1. The summed E-state index contributed by atoms with van der Waals surface area (Å²) in [5, 5.41) is 0. The third kappa shape index (κ3) is 4.29. The molecule has 0 N–H and O–H groups in total. The van der Waals surface area contributed by atoms with E-state index in [1.165, 1.54) is 16.4 Å². The highest BCUT2D eigenvalue weighted by Gasteiger charge is 2.26. The van der Waals surface area contributed by atoms with E-state index in [4.69, 9.17) is 4.74 Å². The van der Waals surface area contributed by atoms with Crippen molar-refractivity contribution in [3.05, 3.63) is 58.6 Å². The van der Waals surface area contributed by atoms with Gasteiger partial charge in [-0.05, 0) is 55.3 Å². The summed E-state index contributed by atoms with van der Waals surface area (Å²) in [6, 6.07) is 12.9. The van der Waals surface area contributed by atoms with Crippen molar-refractivity contribution in [2.75, 3.05) is 13.1 Å². The Morgan fingerprint density at radius 2 is 1.68 bits per heavy atom. The van der Waals surface area contributed by atoms with E-state index < -0.39 is 16.0 Å². The maximum absolute atomic E-state index is 12.7. The minimum atomic E-state index is -3.58. The van der Waals surface area contributed by atoms with Gasteiger partial charge < -0.3 is 4.74 Å². The molecular weight excluding hydrogens is 406 g/mol. The Bertz CT molecular complexity index is 859. The lowest BCUT2D eigenvalue weighted by atomic mass is 10.2. The number of piperidine rings is 1. The van der Waals surface area contributed by atoms with E-state index in [1.807, 2.05) is 0 Å². The normalized spacial score (nSPS) is 15.7. The lowest BCUT2D eigenvalue weighted by molar-refractivity contribution is 0.0734. The fraction of sp³-hybridized carbons (Fsp3) is 0.278. The monoisotopic (exact) mass is 423 g/mol. The van der Waals surface area contributed by atoms with Gasteiger partial charge in [0.05, 0.1) is 10.5 Å². The molecule has 2 aromatic carbocycles. The van der Waals surface area contributed by atoms with Gasteiger partial charge in [0, 0.05) is 17.6 Å². The first-order valence-corrected chi connectivity index (χ1v) is 10.3. The summed E-state index contributed by atoms with van der Waals surface area (Å²) >= 11 is 3.31. The predicted octanol–water partition coefficient (Wildman–Crippen LogP) is 3.84. The molecule has 1 heterocycles. The minimum Gasteiger partial charge on any atom is -0.423 e. The molecule has 1 saturated heterocycles. The summed E-state index contributed by atoms with van der Waals surface area (Å²) in [5.41, 5.74) is 0.209. The molecule has 0 aliphatic carbocycles. The number of carbonyl (C=O) groups excluding carboxylic acids is 1. The van der Waals surface area contributed by atoms with E-state index in [0.29, 0.717) is 18.8 Å². The molecule has 0 atom stereocenters. The van der Waals surface area contributed by atoms with Crippen LogP contribution in [-0.2, 0) is 10.0 Å². The first kappa shape index (κ1) is 18.1. The van der Waals surface area contributed by atoms with Crippen LogP contribution >= 0.6 is 15.9 Å². The van der Waals surface area contributed by atoms with Gasteiger partial charge >= 0.3 is 5.97 Å². The van der Waals surface area contributed by atoms with Crippen molar-refractivity contribution in [2.45, 2.75) is 24.2 Å². The average molecular weight is 424 g/mol. The van der Waals surface area contributed by atoms with Gasteiger partial charge in [-0.2, -0.15) is 4.31 Å². The highest BCUT2D eigenvalue weighted by molar-refractivity contribution is 9.10. The Hall–Kier alpha value is -1.70. The largest absolute Gasteiger partial charge is 0.423 e. The molecule has 1 aliphatic rings.